The maximum atomic E-state index is 7.88. The molecule has 26 heavy (non-hydrogen) atoms. The van der Waals surface area contributed by atoms with Crippen LogP contribution in [0.4, 0.5) is 5.69 Å². The van der Waals surface area contributed by atoms with Gasteiger partial charge in [0.15, 0.2) is 6.20 Å². The van der Waals surface area contributed by atoms with E-state index in [9.17, 15) is 0 Å². The van der Waals surface area contributed by atoms with E-state index in [1.807, 2.05) is 32.3 Å². The number of pyridine rings is 1. The molecule has 0 bridgehead atoms. The summed E-state index contributed by atoms with van der Waals surface area (Å²) in [4.78, 5) is 3.93. The maximum absolute atomic E-state index is 7.88. The summed E-state index contributed by atoms with van der Waals surface area (Å²) in [6.07, 6.45) is 2.01. The van der Waals surface area contributed by atoms with Crippen LogP contribution in [0.15, 0.2) is 53.1 Å². The summed E-state index contributed by atoms with van der Waals surface area (Å²) in [5.41, 5.74) is 6.60. The van der Waals surface area contributed by atoms with Gasteiger partial charge in [0.25, 0.3) is 0 Å². The van der Waals surface area contributed by atoms with Crippen molar-refractivity contribution in [3.05, 3.63) is 71.2 Å². The molecule has 0 atom stereocenters. The zero-order chi connectivity index (χ0) is 18.4. The average molecular weight is 341 g/mol. The standard InChI is InChI=1S/C23H21N2O/c1-14(2)16-9-10-17-19(13-16)26-20-12-15(3)21(23(24-4)22(17)20)18-8-6-7-11-25(18)5/h6-14H,1-3,5H3/q+1. The van der Waals surface area contributed by atoms with Crippen LogP contribution >= 0.6 is 0 Å². The smallest absolute Gasteiger partial charge is 0.212 e. The van der Waals surface area contributed by atoms with Gasteiger partial charge in [-0.05, 0) is 42.2 Å². The number of benzene rings is 2. The summed E-state index contributed by atoms with van der Waals surface area (Å²) in [5, 5.41) is 1.92. The van der Waals surface area contributed by atoms with Crippen molar-refractivity contribution >= 4 is 27.6 Å². The number of fused-ring (bicyclic) bond motifs is 3. The number of hydrogen-bond acceptors (Lipinski definition) is 1. The number of furan rings is 1. The molecule has 0 saturated carbocycles. The molecule has 0 aliphatic rings. The van der Waals surface area contributed by atoms with Crippen molar-refractivity contribution in [2.24, 2.45) is 7.05 Å². The van der Waals surface area contributed by atoms with E-state index in [1.54, 1.807) is 0 Å². The lowest BCUT2D eigenvalue weighted by atomic mass is 9.97. The number of hydrogen-bond donors (Lipinski definition) is 0. The van der Waals surface area contributed by atoms with Crippen LogP contribution in [0.5, 0.6) is 0 Å². The lowest BCUT2D eigenvalue weighted by Gasteiger charge is -2.08. The number of aromatic nitrogens is 1. The van der Waals surface area contributed by atoms with E-state index in [2.05, 4.69) is 53.6 Å². The summed E-state index contributed by atoms with van der Waals surface area (Å²) in [7, 11) is 2.01. The first-order valence-corrected chi connectivity index (χ1v) is 8.83. The minimum absolute atomic E-state index is 0.439. The molecule has 3 nitrogen and oxygen atoms in total. The predicted octanol–water partition coefficient (Wildman–Crippen LogP) is 6.06. The van der Waals surface area contributed by atoms with Crippen molar-refractivity contribution in [1.82, 2.24) is 0 Å². The van der Waals surface area contributed by atoms with Gasteiger partial charge in [-0.3, -0.25) is 0 Å². The second-order valence-electron chi connectivity index (χ2n) is 7.11. The Morgan fingerprint density at radius 1 is 1.08 bits per heavy atom. The minimum Gasteiger partial charge on any atom is -0.457 e. The molecule has 0 spiro atoms. The first kappa shape index (κ1) is 16.4. The van der Waals surface area contributed by atoms with Gasteiger partial charge in [0.05, 0.1) is 12.1 Å². The normalized spacial score (nSPS) is 11.4. The Hall–Kier alpha value is -3.12. The third-order valence-corrected chi connectivity index (χ3v) is 5.05. The van der Waals surface area contributed by atoms with Crippen molar-refractivity contribution in [2.75, 3.05) is 0 Å². The summed E-state index contributed by atoms with van der Waals surface area (Å²) in [6.45, 7) is 14.3. The molecule has 3 heteroatoms. The SMILES string of the molecule is [C-]#[N+]c1c(-c2cccc[n+]2C)c(C)cc2oc3cc(C(C)C)ccc3c12. The van der Waals surface area contributed by atoms with Gasteiger partial charge in [0.1, 0.15) is 18.2 Å². The number of rotatable bonds is 2. The summed E-state index contributed by atoms with van der Waals surface area (Å²) >= 11 is 0. The fourth-order valence-electron chi connectivity index (χ4n) is 3.64. The Bertz CT molecular complexity index is 1190. The molecule has 0 aliphatic carbocycles. The second-order valence-corrected chi connectivity index (χ2v) is 7.11. The Morgan fingerprint density at radius 3 is 2.58 bits per heavy atom. The summed E-state index contributed by atoms with van der Waals surface area (Å²) in [5.74, 6) is 0.439. The third-order valence-electron chi connectivity index (χ3n) is 5.05. The monoisotopic (exact) mass is 341 g/mol. The van der Waals surface area contributed by atoms with Gasteiger partial charge >= 0.3 is 0 Å². The maximum Gasteiger partial charge on any atom is 0.212 e. The van der Waals surface area contributed by atoms with Crippen molar-refractivity contribution in [1.29, 1.82) is 0 Å². The highest BCUT2D eigenvalue weighted by Gasteiger charge is 2.23. The summed E-state index contributed by atoms with van der Waals surface area (Å²) in [6, 6.07) is 14.5. The van der Waals surface area contributed by atoms with Crippen LogP contribution < -0.4 is 4.57 Å². The van der Waals surface area contributed by atoms with Crippen molar-refractivity contribution in [3.63, 3.8) is 0 Å². The molecule has 0 N–H and O–H groups in total. The highest BCUT2D eigenvalue weighted by Crippen LogP contribution is 2.43. The molecule has 0 fully saturated rings. The van der Waals surface area contributed by atoms with Gasteiger partial charge in [0.2, 0.25) is 11.4 Å². The van der Waals surface area contributed by atoms with Crippen LogP contribution in [0.25, 0.3) is 38.0 Å². The zero-order valence-corrected chi connectivity index (χ0v) is 15.5. The van der Waals surface area contributed by atoms with Crippen molar-refractivity contribution in [3.8, 4) is 11.3 Å². The van der Waals surface area contributed by atoms with Gasteiger partial charge in [0, 0.05) is 22.9 Å². The van der Waals surface area contributed by atoms with Crippen LogP contribution in [0, 0.1) is 13.5 Å². The molecule has 2 heterocycles. The van der Waals surface area contributed by atoms with E-state index >= 15 is 0 Å². The lowest BCUT2D eigenvalue weighted by Crippen LogP contribution is -2.30. The molecule has 0 radical (unpaired) electrons. The molecule has 2 aromatic carbocycles. The van der Waals surface area contributed by atoms with E-state index < -0.39 is 0 Å². The van der Waals surface area contributed by atoms with E-state index in [-0.39, 0.29) is 0 Å². The first-order valence-electron chi connectivity index (χ1n) is 8.83. The Labute approximate surface area is 153 Å². The molecule has 4 rings (SSSR count). The molecular weight excluding hydrogens is 320 g/mol. The fourth-order valence-corrected chi connectivity index (χ4v) is 3.64. The molecule has 4 aromatic rings. The topological polar surface area (TPSA) is 21.4 Å². The van der Waals surface area contributed by atoms with Crippen molar-refractivity contribution in [2.45, 2.75) is 26.7 Å². The van der Waals surface area contributed by atoms with E-state index in [1.165, 1.54) is 5.56 Å². The van der Waals surface area contributed by atoms with Crippen molar-refractivity contribution < 1.29 is 8.98 Å². The highest BCUT2D eigenvalue weighted by molar-refractivity contribution is 6.15. The first-order chi connectivity index (χ1) is 12.5. The quantitative estimate of drug-likeness (QED) is 0.321. The molecule has 2 aromatic heterocycles. The molecule has 128 valence electrons. The molecule has 0 saturated heterocycles. The number of nitrogens with zero attached hydrogens (tertiary/aromatic N) is 2. The van der Waals surface area contributed by atoms with Crippen LogP contribution in [-0.2, 0) is 7.05 Å². The van der Waals surface area contributed by atoms with Crippen LogP contribution in [0.2, 0.25) is 0 Å². The van der Waals surface area contributed by atoms with Gasteiger partial charge < -0.3 is 4.42 Å². The van der Waals surface area contributed by atoms with Gasteiger partial charge in [-0.2, -0.15) is 0 Å². The zero-order valence-electron chi connectivity index (χ0n) is 15.5. The predicted molar refractivity (Wildman–Crippen MR) is 105 cm³/mol. The Balaban J connectivity index is 2.13. The van der Waals surface area contributed by atoms with Crippen LogP contribution in [0.3, 0.4) is 0 Å². The van der Waals surface area contributed by atoms with Crippen LogP contribution in [-0.4, -0.2) is 0 Å². The number of aryl methyl sites for hydroxylation is 2. The van der Waals surface area contributed by atoms with Crippen LogP contribution in [0.1, 0.15) is 30.9 Å². The Kier molecular flexibility index (Phi) is 3.77. The highest BCUT2D eigenvalue weighted by atomic mass is 16.3. The van der Waals surface area contributed by atoms with E-state index in [4.69, 9.17) is 11.0 Å². The fraction of sp³-hybridized carbons (Fsp3) is 0.217. The van der Waals surface area contributed by atoms with Gasteiger partial charge in [-0.15, -0.1) is 0 Å². The Morgan fingerprint density at radius 2 is 1.88 bits per heavy atom. The largest absolute Gasteiger partial charge is 0.457 e. The minimum atomic E-state index is 0.439. The lowest BCUT2D eigenvalue weighted by molar-refractivity contribution is -0.660. The van der Waals surface area contributed by atoms with Gasteiger partial charge in [-0.1, -0.05) is 26.0 Å². The molecule has 0 unspecified atom stereocenters. The molecule has 0 amide bonds. The molecule has 0 aliphatic heterocycles. The summed E-state index contributed by atoms with van der Waals surface area (Å²) < 4.78 is 8.20. The molecular formula is C23H21N2O+. The van der Waals surface area contributed by atoms with Gasteiger partial charge in [-0.25, -0.2) is 9.41 Å². The van der Waals surface area contributed by atoms with E-state index in [0.29, 0.717) is 11.6 Å². The third kappa shape index (κ3) is 2.38. The second kappa shape index (κ2) is 6.00. The van der Waals surface area contributed by atoms with E-state index in [0.717, 1.165) is 38.8 Å². The average Bonchev–Trinajstić information content (AvgIpc) is 2.98.